The van der Waals surface area contributed by atoms with Gasteiger partial charge in [-0.25, -0.2) is 4.98 Å². The average molecular weight is 415 g/mol. The van der Waals surface area contributed by atoms with Crippen LogP contribution in [0.4, 0.5) is 5.69 Å². The van der Waals surface area contributed by atoms with Crippen LogP contribution in [0.1, 0.15) is 9.67 Å². The van der Waals surface area contributed by atoms with E-state index in [1.54, 1.807) is 48.7 Å². The smallest absolute Gasteiger partial charge is 0.267 e. The van der Waals surface area contributed by atoms with Crippen LogP contribution in [0.2, 0.25) is 5.02 Å². The van der Waals surface area contributed by atoms with E-state index < -0.39 is 0 Å². The molecule has 6 nitrogen and oxygen atoms in total. The molecule has 9 heteroatoms. The van der Waals surface area contributed by atoms with Crippen molar-refractivity contribution >= 4 is 63.1 Å². The highest BCUT2D eigenvalue weighted by Gasteiger charge is 2.13. The Labute approximate surface area is 168 Å². The van der Waals surface area contributed by atoms with Gasteiger partial charge in [-0.1, -0.05) is 17.7 Å². The fraction of sp³-hybridized carbons (Fsp3) is 0. The molecule has 0 aliphatic carbocycles. The lowest BCUT2D eigenvalue weighted by molar-refractivity contribution is 0.0981. The number of hydrogen-bond donors (Lipinski definition) is 2. The number of amides is 1. The molecule has 1 amide bonds. The summed E-state index contributed by atoms with van der Waals surface area (Å²) in [6, 6.07) is 12.3. The largest absolute Gasteiger partial charge is 0.434 e. The van der Waals surface area contributed by atoms with E-state index in [0.29, 0.717) is 38.3 Å². The van der Waals surface area contributed by atoms with Gasteiger partial charge in [0.2, 0.25) is 5.89 Å². The summed E-state index contributed by atoms with van der Waals surface area (Å²) >= 11 is 12.8. The number of aromatic nitrogens is 2. The molecule has 2 N–H and O–H groups in total. The summed E-state index contributed by atoms with van der Waals surface area (Å²) in [5, 5.41) is 7.97. The molecule has 0 spiro atoms. The Morgan fingerprint density at radius 3 is 2.89 bits per heavy atom. The first kappa shape index (κ1) is 17.6. The fourth-order valence-corrected chi connectivity index (χ4v) is 3.36. The molecule has 4 rings (SSSR count). The molecule has 0 aliphatic heterocycles. The van der Waals surface area contributed by atoms with Gasteiger partial charge in [0.05, 0.1) is 15.6 Å². The molecular formula is C18H11ClN4O2S2. The molecule has 3 heterocycles. The summed E-state index contributed by atoms with van der Waals surface area (Å²) in [4.78, 5) is 21.2. The van der Waals surface area contributed by atoms with E-state index in [9.17, 15) is 4.79 Å². The summed E-state index contributed by atoms with van der Waals surface area (Å²) in [6.07, 6.45) is 1.65. The number of pyridine rings is 1. The predicted molar refractivity (Wildman–Crippen MR) is 110 cm³/mol. The summed E-state index contributed by atoms with van der Waals surface area (Å²) in [5.74, 6) is 0.136. The molecule has 3 aromatic heterocycles. The number of nitrogens with zero attached hydrogens (tertiary/aromatic N) is 2. The Kier molecular flexibility index (Phi) is 4.85. The van der Waals surface area contributed by atoms with E-state index in [4.69, 9.17) is 28.2 Å². The Morgan fingerprint density at radius 1 is 1.22 bits per heavy atom. The zero-order valence-electron chi connectivity index (χ0n) is 13.6. The van der Waals surface area contributed by atoms with Gasteiger partial charge in [-0.05, 0) is 54.0 Å². The van der Waals surface area contributed by atoms with Crippen LogP contribution in [-0.2, 0) is 0 Å². The van der Waals surface area contributed by atoms with Crippen LogP contribution < -0.4 is 10.6 Å². The molecule has 0 saturated carbocycles. The van der Waals surface area contributed by atoms with Gasteiger partial charge in [0.25, 0.3) is 5.91 Å². The highest BCUT2D eigenvalue weighted by Crippen LogP contribution is 2.30. The van der Waals surface area contributed by atoms with Crippen molar-refractivity contribution in [1.29, 1.82) is 0 Å². The topological polar surface area (TPSA) is 80.0 Å². The van der Waals surface area contributed by atoms with Crippen molar-refractivity contribution < 1.29 is 9.21 Å². The van der Waals surface area contributed by atoms with Gasteiger partial charge in [0, 0.05) is 11.8 Å². The first-order valence-electron chi connectivity index (χ1n) is 7.77. The van der Waals surface area contributed by atoms with Gasteiger partial charge < -0.3 is 9.73 Å². The number of benzene rings is 1. The second-order valence-corrected chi connectivity index (χ2v) is 7.19. The van der Waals surface area contributed by atoms with Gasteiger partial charge in [-0.2, -0.15) is 4.98 Å². The van der Waals surface area contributed by atoms with Gasteiger partial charge in [-0.3, -0.25) is 10.1 Å². The first-order chi connectivity index (χ1) is 13.1. The highest BCUT2D eigenvalue weighted by molar-refractivity contribution is 7.80. The molecular weight excluding hydrogens is 404 g/mol. The van der Waals surface area contributed by atoms with Gasteiger partial charge in [0.1, 0.15) is 0 Å². The van der Waals surface area contributed by atoms with Crippen LogP contribution in [0.25, 0.3) is 22.7 Å². The Morgan fingerprint density at radius 2 is 2.11 bits per heavy atom. The minimum atomic E-state index is -0.278. The monoisotopic (exact) mass is 414 g/mol. The molecule has 1 aromatic carbocycles. The van der Waals surface area contributed by atoms with Crippen LogP contribution in [0.5, 0.6) is 0 Å². The molecule has 27 heavy (non-hydrogen) atoms. The number of carbonyl (C=O) groups excluding carboxylic acids is 1. The number of rotatable bonds is 3. The molecule has 0 unspecified atom stereocenters. The Bertz CT molecular complexity index is 1110. The van der Waals surface area contributed by atoms with Gasteiger partial charge in [0.15, 0.2) is 16.3 Å². The second-order valence-electron chi connectivity index (χ2n) is 5.42. The van der Waals surface area contributed by atoms with Crippen LogP contribution in [-0.4, -0.2) is 21.0 Å². The maximum atomic E-state index is 12.1. The minimum Gasteiger partial charge on any atom is -0.434 e. The first-order valence-corrected chi connectivity index (χ1v) is 9.44. The second kappa shape index (κ2) is 7.43. The molecule has 4 aromatic rings. The van der Waals surface area contributed by atoms with E-state index in [-0.39, 0.29) is 11.0 Å². The lowest BCUT2D eigenvalue weighted by atomic mass is 10.2. The zero-order chi connectivity index (χ0) is 18.8. The van der Waals surface area contributed by atoms with E-state index in [1.165, 1.54) is 11.3 Å². The number of anilines is 1. The van der Waals surface area contributed by atoms with Crippen LogP contribution in [0.3, 0.4) is 0 Å². The number of fused-ring (bicyclic) bond motifs is 1. The number of hydrogen-bond acceptors (Lipinski definition) is 6. The SMILES string of the molecule is O=C(NC(=S)Nc1cc(-c2nc3ncccc3o2)ccc1Cl)c1cccs1. The molecule has 0 saturated heterocycles. The summed E-state index contributed by atoms with van der Waals surface area (Å²) in [6.45, 7) is 0. The lowest BCUT2D eigenvalue weighted by Gasteiger charge is -2.11. The Hall–Kier alpha value is -2.81. The fourth-order valence-electron chi connectivity index (χ4n) is 2.37. The highest BCUT2D eigenvalue weighted by atomic mass is 35.5. The number of carbonyl (C=O) groups is 1. The quantitative estimate of drug-likeness (QED) is 0.472. The number of nitrogens with one attached hydrogen (secondary N) is 2. The predicted octanol–water partition coefficient (Wildman–Crippen LogP) is 4.73. The molecule has 0 aliphatic rings. The van der Waals surface area contributed by atoms with Crippen molar-refractivity contribution in [3.8, 4) is 11.5 Å². The van der Waals surface area contributed by atoms with Crippen molar-refractivity contribution in [2.75, 3.05) is 5.32 Å². The Balaban J connectivity index is 1.55. The molecule has 134 valence electrons. The van der Waals surface area contributed by atoms with E-state index in [1.807, 2.05) is 5.38 Å². The number of thiocarbonyl (C=S) groups is 1. The van der Waals surface area contributed by atoms with Gasteiger partial charge >= 0.3 is 0 Å². The number of thiophene rings is 1. The molecule has 0 atom stereocenters. The number of oxazole rings is 1. The third-order valence-corrected chi connectivity index (χ3v) is 5.00. The molecule has 0 fully saturated rings. The van der Waals surface area contributed by atoms with Crippen molar-refractivity contribution in [3.63, 3.8) is 0 Å². The van der Waals surface area contributed by atoms with Crippen molar-refractivity contribution in [3.05, 3.63) is 63.9 Å². The maximum Gasteiger partial charge on any atom is 0.267 e. The van der Waals surface area contributed by atoms with E-state index in [0.717, 1.165) is 0 Å². The van der Waals surface area contributed by atoms with Crippen molar-refractivity contribution in [1.82, 2.24) is 15.3 Å². The van der Waals surface area contributed by atoms with Crippen LogP contribution in [0, 0.1) is 0 Å². The van der Waals surface area contributed by atoms with E-state index in [2.05, 4.69) is 20.6 Å². The average Bonchev–Trinajstić information content (AvgIpc) is 3.33. The normalized spacial score (nSPS) is 10.7. The summed E-state index contributed by atoms with van der Waals surface area (Å²) in [7, 11) is 0. The third kappa shape index (κ3) is 3.82. The summed E-state index contributed by atoms with van der Waals surface area (Å²) in [5.41, 5.74) is 2.35. The maximum absolute atomic E-state index is 12.1. The molecule has 0 radical (unpaired) electrons. The summed E-state index contributed by atoms with van der Waals surface area (Å²) < 4.78 is 5.72. The zero-order valence-corrected chi connectivity index (χ0v) is 16.0. The minimum absolute atomic E-state index is 0.145. The number of halogens is 1. The van der Waals surface area contributed by atoms with Crippen LogP contribution in [0.15, 0.2) is 58.5 Å². The van der Waals surface area contributed by atoms with Gasteiger partial charge in [-0.15, -0.1) is 11.3 Å². The van der Waals surface area contributed by atoms with E-state index >= 15 is 0 Å². The third-order valence-electron chi connectivity index (χ3n) is 3.60. The van der Waals surface area contributed by atoms with Crippen LogP contribution >= 0.6 is 35.2 Å². The van der Waals surface area contributed by atoms with Crippen molar-refractivity contribution in [2.24, 2.45) is 0 Å². The molecule has 0 bridgehead atoms. The lowest BCUT2D eigenvalue weighted by Crippen LogP contribution is -2.33. The standard InChI is InChI=1S/C18H11ClN4O2S2/c19-11-6-5-10(17-22-15-13(25-17)3-1-7-20-15)9-12(11)21-18(26)23-16(24)14-4-2-8-27-14/h1-9H,(H2,21,23,24,26). The van der Waals surface area contributed by atoms with Crippen molar-refractivity contribution in [2.45, 2.75) is 0 Å².